The minimum Gasteiger partial charge on any atom is -0.381 e. The van der Waals surface area contributed by atoms with Crippen molar-refractivity contribution >= 4 is 15.9 Å². The summed E-state index contributed by atoms with van der Waals surface area (Å²) in [5, 5.41) is 0. The molecule has 0 aromatic heterocycles. The van der Waals surface area contributed by atoms with Gasteiger partial charge < -0.3 is 9.64 Å². The normalized spacial score (nSPS) is 18.3. The molecule has 1 fully saturated rings. The molecule has 0 spiro atoms. The van der Waals surface area contributed by atoms with Crippen LogP contribution >= 0.6 is 0 Å². The Morgan fingerprint density at radius 2 is 1.91 bits per heavy atom. The van der Waals surface area contributed by atoms with Crippen LogP contribution in [0.3, 0.4) is 0 Å². The van der Waals surface area contributed by atoms with Crippen LogP contribution in [-0.2, 0) is 14.8 Å². The van der Waals surface area contributed by atoms with Crippen molar-refractivity contribution in [3.8, 4) is 0 Å². The summed E-state index contributed by atoms with van der Waals surface area (Å²) in [4.78, 5) is 14.6. The maximum absolute atomic E-state index is 12.6. The highest BCUT2D eigenvalue weighted by Gasteiger charge is 2.23. The van der Waals surface area contributed by atoms with Gasteiger partial charge in [0, 0.05) is 45.3 Å². The first kappa shape index (κ1) is 17.9. The highest BCUT2D eigenvalue weighted by atomic mass is 32.2. The van der Waals surface area contributed by atoms with Crippen molar-refractivity contribution < 1.29 is 17.9 Å². The predicted molar refractivity (Wildman–Crippen MR) is 87.8 cm³/mol. The van der Waals surface area contributed by atoms with Crippen LogP contribution in [0.25, 0.3) is 0 Å². The number of carbonyl (C=O) groups is 1. The number of carbonyl (C=O) groups excluding carboxylic acids is 1. The molecule has 0 saturated carbocycles. The fraction of sp³-hybridized carbons (Fsp3) is 0.562. The second kappa shape index (κ2) is 7.42. The highest BCUT2D eigenvalue weighted by Crippen LogP contribution is 2.18. The van der Waals surface area contributed by atoms with Crippen LogP contribution in [-0.4, -0.2) is 63.9 Å². The van der Waals surface area contributed by atoms with Crippen LogP contribution in [0.5, 0.6) is 0 Å². The number of nitrogens with zero attached hydrogens (tertiary/aromatic N) is 2. The summed E-state index contributed by atoms with van der Waals surface area (Å²) in [7, 11) is -0.506. The van der Waals surface area contributed by atoms with Gasteiger partial charge >= 0.3 is 0 Å². The lowest BCUT2D eigenvalue weighted by Gasteiger charge is -2.24. The van der Waals surface area contributed by atoms with Crippen LogP contribution in [0.15, 0.2) is 29.2 Å². The van der Waals surface area contributed by atoms with E-state index in [0.717, 1.165) is 17.3 Å². The molecule has 6 nitrogen and oxygen atoms in total. The minimum atomic E-state index is -3.47. The fourth-order valence-corrected chi connectivity index (χ4v) is 3.46. The van der Waals surface area contributed by atoms with E-state index in [4.69, 9.17) is 4.74 Å². The molecule has 0 N–H and O–H groups in total. The highest BCUT2D eigenvalue weighted by molar-refractivity contribution is 7.89. The summed E-state index contributed by atoms with van der Waals surface area (Å²) in [6, 6.07) is 6.11. The Morgan fingerprint density at radius 3 is 2.39 bits per heavy atom. The van der Waals surface area contributed by atoms with Gasteiger partial charge in [-0.15, -0.1) is 0 Å². The molecule has 1 aromatic carbocycles. The maximum Gasteiger partial charge on any atom is 0.253 e. The molecule has 128 valence electrons. The summed E-state index contributed by atoms with van der Waals surface area (Å²) in [5.41, 5.74) is 0.503. The van der Waals surface area contributed by atoms with E-state index in [1.165, 1.54) is 26.2 Å². The molecule has 1 heterocycles. The smallest absolute Gasteiger partial charge is 0.253 e. The van der Waals surface area contributed by atoms with Crippen molar-refractivity contribution in [1.29, 1.82) is 0 Å². The lowest BCUT2D eigenvalue weighted by Crippen LogP contribution is -2.35. The third kappa shape index (κ3) is 4.10. The molecular formula is C16H24N2O4S. The van der Waals surface area contributed by atoms with Gasteiger partial charge in [0.25, 0.3) is 5.91 Å². The summed E-state index contributed by atoms with van der Waals surface area (Å²) >= 11 is 0. The van der Waals surface area contributed by atoms with E-state index in [-0.39, 0.29) is 10.8 Å². The average molecular weight is 340 g/mol. The third-order valence-corrected chi connectivity index (χ3v) is 5.88. The van der Waals surface area contributed by atoms with E-state index >= 15 is 0 Å². The Bertz CT molecular complexity index is 635. The Kier molecular flexibility index (Phi) is 5.78. The molecule has 1 aliphatic heterocycles. The van der Waals surface area contributed by atoms with E-state index in [9.17, 15) is 13.2 Å². The van der Waals surface area contributed by atoms with Crippen molar-refractivity contribution in [2.75, 3.05) is 40.4 Å². The Labute approximate surface area is 138 Å². The molecule has 1 atom stereocenters. The summed E-state index contributed by atoms with van der Waals surface area (Å²) in [6.07, 6.45) is 0.976. The molecule has 1 saturated heterocycles. The summed E-state index contributed by atoms with van der Waals surface area (Å²) < 4.78 is 30.6. The molecule has 1 aliphatic rings. The summed E-state index contributed by atoms with van der Waals surface area (Å²) in [5.74, 6) is 0.306. The third-order valence-electron chi connectivity index (χ3n) is 4.05. The maximum atomic E-state index is 12.6. The molecule has 1 aromatic rings. The van der Waals surface area contributed by atoms with E-state index in [2.05, 4.69) is 0 Å². The SMILES string of the molecule is CCN(C[C@H]1CCOC1)C(=O)c1ccc(S(=O)(=O)N(C)C)cc1. The van der Waals surface area contributed by atoms with Crippen molar-refractivity contribution in [2.45, 2.75) is 18.2 Å². The standard InChI is InChI=1S/C16H24N2O4S/c1-4-18(11-13-9-10-22-12-13)16(19)14-5-7-15(8-6-14)23(20,21)17(2)3/h5-8,13H,4,9-12H2,1-3H3/t13-/m1/s1. The van der Waals surface area contributed by atoms with Gasteiger partial charge in [-0.3, -0.25) is 4.79 Å². The number of hydrogen-bond donors (Lipinski definition) is 0. The van der Waals surface area contributed by atoms with Gasteiger partial charge in [-0.1, -0.05) is 0 Å². The van der Waals surface area contributed by atoms with Gasteiger partial charge in [-0.2, -0.15) is 0 Å². The molecule has 0 bridgehead atoms. The Morgan fingerprint density at radius 1 is 1.26 bits per heavy atom. The minimum absolute atomic E-state index is 0.0757. The zero-order chi connectivity index (χ0) is 17.0. The largest absolute Gasteiger partial charge is 0.381 e. The Balaban J connectivity index is 2.12. The summed E-state index contributed by atoms with van der Waals surface area (Å²) in [6.45, 7) is 4.69. The number of rotatable bonds is 6. The lowest BCUT2D eigenvalue weighted by atomic mass is 10.1. The van der Waals surface area contributed by atoms with Crippen LogP contribution in [0.4, 0.5) is 0 Å². The van der Waals surface area contributed by atoms with E-state index in [0.29, 0.717) is 31.2 Å². The first-order valence-electron chi connectivity index (χ1n) is 7.76. The number of amides is 1. The molecule has 7 heteroatoms. The van der Waals surface area contributed by atoms with Gasteiger partial charge in [0.15, 0.2) is 0 Å². The average Bonchev–Trinajstić information content (AvgIpc) is 3.05. The van der Waals surface area contributed by atoms with E-state index in [1.54, 1.807) is 17.0 Å². The fourth-order valence-electron chi connectivity index (χ4n) is 2.56. The van der Waals surface area contributed by atoms with Crippen LogP contribution in [0.2, 0.25) is 0 Å². The van der Waals surface area contributed by atoms with Crippen LogP contribution in [0.1, 0.15) is 23.7 Å². The van der Waals surface area contributed by atoms with Gasteiger partial charge in [-0.25, -0.2) is 12.7 Å². The monoisotopic (exact) mass is 340 g/mol. The molecule has 2 rings (SSSR count). The number of benzene rings is 1. The van der Waals surface area contributed by atoms with Gasteiger partial charge in [-0.05, 0) is 37.6 Å². The second-order valence-corrected chi connectivity index (χ2v) is 8.04. The topological polar surface area (TPSA) is 66.9 Å². The predicted octanol–water partition coefficient (Wildman–Crippen LogP) is 1.44. The van der Waals surface area contributed by atoms with Crippen LogP contribution in [0, 0.1) is 5.92 Å². The van der Waals surface area contributed by atoms with Crippen molar-refractivity contribution in [3.05, 3.63) is 29.8 Å². The first-order valence-corrected chi connectivity index (χ1v) is 9.20. The Hall–Kier alpha value is -1.44. The van der Waals surface area contributed by atoms with Crippen molar-refractivity contribution in [1.82, 2.24) is 9.21 Å². The van der Waals surface area contributed by atoms with Gasteiger partial charge in [0.2, 0.25) is 10.0 Å². The van der Waals surface area contributed by atoms with Crippen molar-refractivity contribution in [2.24, 2.45) is 5.92 Å². The van der Waals surface area contributed by atoms with Crippen molar-refractivity contribution in [3.63, 3.8) is 0 Å². The number of sulfonamides is 1. The van der Waals surface area contributed by atoms with Gasteiger partial charge in [0.1, 0.15) is 0 Å². The molecule has 0 aliphatic carbocycles. The second-order valence-electron chi connectivity index (χ2n) is 5.89. The lowest BCUT2D eigenvalue weighted by molar-refractivity contribution is 0.0730. The van der Waals surface area contributed by atoms with E-state index < -0.39 is 10.0 Å². The number of hydrogen-bond acceptors (Lipinski definition) is 4. The first-order chi connectivity index (χ1) is 10.9. The number of ether oxygens (including phenoxy) is 1. The van der Waals surface area contributed by atoms with E-state index in [1.807, 2.05) is 6.92 Å². The molecule has 0 unspecified atom stereocenters. The quantitative estimate of drug-likeness (QED) is 0.786. The zero-order valence-corrected chi connectivity index (χ0v) is 14.7. The molecular weight excluding hydrogens is 316 g/mol. The van der Waals surface area contributed by atoms with Gasteiger partial charge in [0.05, 0.1) is 11.5 Å². The molecule has 1 amide bonds. The van der Waals surface area contributed by atoms with Crippen LogP contribution < -0.4 is 0 Å². The zero-order valence-electron chi connectivity index (χ0n) is 13.9. The molecule has 0 radical (unpaired) electrons. The molecule has 23 heavy (non-hydrogen) atoms.